The average molecular weight is 935 g/mol. The van der Waals surface area contributed by atoms with Gasteiger partial charge in [-0.25, -0.2) is 0 Å². The van der Waals surface area contributed by atoms with E-state index in [1.54, 1.807) is 0 Å². The summed E-state index contributed by atoms with van der Waals surface area (Å²) in [4.78, 5) is 6.47. The number of hydrogen-bond acceptors (Lipinski definition) is 11. The summed E-state index contributed by atoms with van der Waals surface area (Å²) in [6, 6.07) is 55.5. The lowest BCUT2D eigenvalue weighted by Gasteiger charge is -2.45. The highest BCUT2D eigenvalue weighted by Crippen LogP contribution is 2.32. The molecule has 1 heterocycles. The number of benzene rings is 6. The summed E-state index contributed by atoms with van der Waals surface area (Å²) >= 11 is 0. The Kier molecular flexibility index (Phi) is 20.6. The zero-order valence-corrected chi connectivity index (χ0v) is 38.3. The zero-order chi connectivity index (χ0) is 47.7. The standard InChI is InChI=1S/C54H58N6O9/c55-59-57-46(37-62-31-40-19-7-1-8-20-40)51(65-34-43-25-13-4-14-26-43)52(66-35-44-27-15-5-16-28-44)48(39-64-33-42-23-11-3-12-24-42)69-54-49(58-60-56)53(67-36-45-29-17-6-18-30-45)50(61)47(68-54)38-63-32-41-21-9-2-10-22-41/h1-30,46-54,61H,31-39H2/t46-,47-,48-,49-,50-,51-,52-,53-,54-/m1/s1. The van der Waals surface area contributed by atoms with Crippen LogP contribution in [-0.2, 0) is 77.5 Å². The first-order valence-corrected chi connectivity index (χ1v) is 23.0. The normalized spacial score (nSPS) is 19.6. The van der Waals surface area contributed by atoms with Gasteiger partial charge in [0.25, 0.3) is 0 Å². The van der Waals surface area contributed by atoms with E-state index in [1.807, 2.05) is 182 Å². The van der Waals surface area contributed by atoms with E-state index in [-0.39, 0.29) is 59.5 Å². The van der Waals surface area contributed by atoms with Crippen molar-refractivity contribution in [3.8, 4) is 0 Å². The molecule has 6 aromatic rings. The van der Waals surface area contributed by atoms with Crippen LogP contribution < -0.4 is 0 Å². The molecule has 6 aromatic carbocycles. The first kappa shape index (κ1) is 50.5. The van der Waals surface area contributed by atoms with Crippen LogP contribution in [-0.4, -0.2) is 79.9 Å². The molecule has 0 aliphatic carbocycles. The number of aliphatic hydroxyl groups is 1. The summed E-state index contributed by atoms with van der Waals surface area (Å²) in [5.41, 5.74) is 25.5. The molecule has 1 aliphatic heterocycles. The predicted octanol–water partition coefficient (Wildman–Crippen LogP) is 10.2. The fourth-order valence-electron chi connectivity index (χ4n) is 7.92. The Bertz CT molecular complexity index is 2440. The second kappa shape index (κ2) is 28.2. The third-order valence-corrected chi connectivity index (χ3v) is 11.4. The average Bonchev–Trinajstić information content (AvgIpc) is 3.39. The van der Waals surface area contributed by atoms with Gasteiger partial charge in [-0.3, -0.25) is 0 Å². The molecule has 0 aromatic heterocycles. The van der Waals surface area contributed by atoms with E-state index in [0.29, 0.717) is 0 Å². The molecule has 0 bridgehead atoms. The SMILES string of the molecule is [N-]=[N+]=N[C@H]1[C@@H](O[C@H](COCc2ccccc2)[C@@H](OCc2ccccc2)[C@H](OCc2ccccc2)[C@@H](COCc2ccccc2)N=[N+]=[N-])O[C@H](COCc2ccccc2)[C@@H](O)[C@@H]1OCc1ccccc1. The van der Waals surface area contributed by atoms with Gasteiger partial charge in [0.05, 0.1) is 77.7 Å². The van der Waals surface area contributed by atoms with Crippen LogP contribution in [0.15, 0.2) is 192 Å². The number of aliphatic hydroxyl groups excluding tert-OH is 1. The third kappa shape index (κ3) is 16.1. The Morgan fingerprint density at radius 2 is 0.928 bits per heavy atom. The molecule has 1 aliphatic rings. The predicted molar refractivity (Wildman–Crippen MR) is 259 cm³/mol. The van der Waals surface area contributed by atoms with E-state index in [1.165, 1.54) is 0 Å². The van der Waals surface area contributed by atoms with E-state index >= 15 is 0 Å². The second-order valence-corrected chi connectivity index (χ2v) is 16.5. The number of nitrogens with zero attached hydrogens (tertiary/aromatic N) is 6. The zero-order valence-electron chi connectivity index (χ0n) is 38.3. The van der Waals surface area contributed by atoms with Crippen LogP contribution in [0.1, 0.15) is 33.4 Å². The van der Waals surface area contributed by atoms with Gasteiger partial charge in [0.2, 0.25) is 0 Å². The van der Waals surface area contributed by atoms with Gasteiger partial charge in [0.15, 0.2) is 6.29 Å². The summed E-state index contributed by atoms with van der Waals surface area (Å²) in [5.74, 6) is 0. The van der Waals surface area contributed by atoms with Gasteiger partial charge in [0.1, 0.15) is 30.5 Å². The van der Waals surface area contributed by atoms with Crippen LogP contribution in [0.5, 0.6) is 0 Å². The van der Waals surface area contributed by atoms with Crippen molar-refractivity contribution in [1.82, 2.24) is 0 Å². The van der Waals surface area contributed by atoms with Crippen molar-refractivity contribution in [3.05, 3.63) is 236 Å². The van der Waals surface area contributed by atoms with Gasteiger partial charge in [-0.1, -0.05) is 192 Å². The Morgan fingerprint density at radius 3 is 1.39 bits per heavy atom. The minimum Gasteiger partial charge on any atom is -0.388 e. The summed E-state index contributed by atoms with van der Waals surface area (Å²) in [6.07, 6.45) is -7.98. The molecule has 15 heteroatoms. The van der Waals surface area contributed by atoms with Gasteiger partial charge in [-0.15, -0.1) is 0 Å². The van der Waals surface area contributed by atoms with Crippen LogP contribution in [0.3, 0.4) is 0 Å². The fourth-order valence-corrected chi connectivity index (χ4v) is 7.92. The maximum absolute atomic E-state index is 12.0. The quantitative estimate of drug-likeness (QED) is 0.0283. The van der Waals surface area contributed by atoms with Crippen LogP contribution in [0.2, 0.25) is 0 Å². The molecular weight excluding hydrogens is 877 g/mol. The molecule has 7 rings (SSSR count). The molecule has 1 saturated heterocycles. The van der Waals surface area contributed by atoms with E-state index < -0.39 is 55.0 Å². The molecule has 9 atom stereocenters. The summed E-state index contributed by atoms with van der Waals surface area (Å²) in [6.45, 7) is 0.742. The van der Waals surface area contributed by atoms with E-state index in [4.69, 9.17) is 37.9 Å². The molecule has 358 valence electrons. The van der Waals surface area contributed by atoms with Crippen molar-refractivity contribution in [3.63, 3.8) is 0 Å². The lowest BCUT2D eigenvalue weighted by Crippen LogP contribution is -2.61. The van der Waals surface area contributed by atoms with Crippen LogP contribution in [0, 0.1) is 0 Å². The van der Waals surface area contributed by atoms with Crippen molar-refractivity contribution in [2.45, 2.75) is 94.6 Å². The lowest BCUT2D eigenvalue weighted by atomic mass is 9.96. The van der Waals surface area contributed by atoms with Gasteiger partial charge in [-0.2, -0.15) is 0 Å². The molecule has 0 radical (unpaired) electrons. The van der Waals surface area contributed by atoms with Crippen molar-refractivity contribution in [1.29, 1.82) is 0 Å². The van der Waals surface area contributed by atoms with Gasteiger partial charge < -0.3 is 43.0 Å². The van der Waals surface area contributed by atoms with Crippen molar-refractivity contribution >= 4 is 0 Å². The van der Waals surface area contributed by atoms with Crippen LogP contribution in [0.4, 0.5) is 0 Å². The highest BCUT2D eigenvalue weighted by Gasteiger charge is 2.49. The molecule has 0 saturated carbocycles. The molecular formula is C54H58N6O9. The van der Waals surface area contributed by atoms with Gasteiger partial charge in [-0.05, 0) is 44.4 Å². The van der Waals surface area contributed by atoms with Gasteiger partial charge in [0, 0.05) is 9.82 Å². The highest BCUT2D eigenvalue weighted by atomic mass is 16.7. The Morgan fingerprint density at radius 1 is 0.507 bits per heavy atom. The van der Waals surface area contributed by atoms with Crippen molar-refractivity contribution in [2.75, 3.05) is 19.8 Å². The van der Waals surface area contributed by atoms with E-state index in [2.05, 4.69) is 20.1 Å². The Labute approximate surface area is 402 Å². The first-order chi connectivity index (χ1) is 34.1. The van der Waals surface area contributed by atoms with Crippen LogP contribution >= 0.6 is 0 Å². The topological polar surface area (TPSA) is 192 Å². The van der Waals surface area contributed by atoms with Gasteiger partial charge >= 0.3 is 0 Å². The summed E-state index contributed by atoms with van der Waals surface area (Å²) in [7, 11) is 0. The second-order valence-electron chi connectivity index (χ2n) is 16.5. The largest absolute Gasteiger partial charge is 0.388 e. The Balaban J connectivity index is 1.27. The number of azide groups is 2. The summed E-state index contributed by atoms with van der Waals surface area (Å²) in [5, 5.41) is 20.4. The van der Waals surface area contributed by atoms with Crippen molar-refractivity contribution in [2.24, 2.45) is 10.2 Å². The smallest absolute Gasteiger partial charge is 0.169 e. The molecule has 69 heavy (non-hydrogen) atoms. The molecule has 15 nitrogen and oxygen atoms in total. The first-order valence-electron chi connectivity index (χ1n) is 23.0. The molecule has 1 fully saturated rings. The molecule has 1 N–H and O–H groups in total. The maximum atomic E-state index is 12.0. The molecule has 0 spiro atoms. The minimum absolute atomic E-state index is 0.0507. The number of rotatable bonds is 28. The van der Waals surface area contributed by atoms with Crippen molar-refractivity contribution < 1.29 is 43.0 Å². The third-order valence-electron chi connectivity index (χ3n) is 11.4. The Hall–Kier alpha value is -6.42. The minimum atomic E-state index is -1.36. The monoisotopic (exact) mass is 934 g/mol. The maximum Gasteiger partial charge on any atom is 0.169 e. The number of ether oxygens (including phenoxy) is 8. The van der Waals surface area contributed by atoms with E-state index in [9.17, 15) is 16.2 Å². The fraction of sp³-hybridized carbons (Fsp3) is 0.333. The number of hydrogen-bond donors (Lipinski definition) is 1. The lowest BCUT2D eigenvalue weighted by molar-refractivity contribution is -0.304. The molecule has 0 amide bonds. The molecule has 0 unspecified atom stereocenters. The van der Waals surface area contributed by atoms with Crippen LogP contribution in [0.25, 0.3) is 20.9 Å². The van der Waals surface area contributed by atoms with E-state index in [0.717, 1.165) is 33.4 Å². The summed E-state index contributed by atoms with van der Waals surface area (Å²) < 4.78 is 52.8. The highest BCUT2D eigenvalue weighted by molar-refractivity contribution is 5.18.